The number of benzene rings is 2. The third-order valence-corrected chi connectivity index (χ3v) is 6.97. The van der Waals surface area contributed by atoms with E-state index in [4.69, 9.17) is 0 Å². The molecular weight excluding hydrogens is 402 g/mol. The Morgan fingerprint density at radius 1 is 0.812 bits per heavy atom. The molecule has 3 fully saturated rings. The molecule has 2 saturated carbocycles. The Labute approximate surface area is 188 Å². The molecule has 166 valence electrons. The van der Waals surface area contributed by atoms with Crippen molar-refractivity contribution in [1.82, 2.24) is 10.2 Å². The maximum absolute atomic E-state index is 13.4. The highest BCUT2D eigenvalue weighted by Gasteiger charge is 2.47. The number of hydrogen-bond acceptors (Lipinski definition) is 3. The van der Waals surface area contributed by atoms with Crippen molar-refractivity contribution in [1.29, 1.82) is 0 Å². The molecule has 2 aliphatic carbocycles. The lowest BCUT2D eigenvalue weighted by Crippen LogP contribution is -2.47. The van der Waals surface area contributed by atoms with Gasteiger partial charge in [-0.25, -0.2) is 0 Å². The van der Waals surface area contributed by atoms with E-state index in [1.807, 2.05) is 35.2 Å². The van der Waals surface area contributed by atoms with Gasteiger partial charge in [-0.15, -0.1) is 0 Å². The fraction of sp³-hybridized carbons (Fsp3) is 0.423. The molecule has 0 radical (unpaired) electrons. The zero-order chi connectivity index (χ0) is 22.1. The first kappa shape index (κ1) is 20.7. The van der Waals surface area contributed by atoms with E-state index in [-0.39, 0.29) is 23.8 Å². The van der Waals surface area contributed by atoms with Gasteiger partial charge >= 0.3 is 0 Å². The molecule has 1 saturated heterocycles. The van der Waals surface area contributed by atoms with E-state index in [2.05, 4.69) is 10.6 Å². The summed E-state index contributed by atoms with van der Waals surface area (Å²) in [5.41, 5.74) is 1.85. The van der Waals surface area contributed by atoms with Crippen LogP contribution in [-0.4, -0.2) is 40.7 Å². The van der Waals surface area contributed by atoms with Gasteiger partial charge in [0.05, 0.1) is 0 Å². The number of carbonyl (C=O) groups excluding carboxylic acids is 3. The molecule has 32 heavy (non-hydrogen) atoms. The molecule has 1 aliphatic heterocycles. The zero-order valence-corrected chi connectivity index (χ0v) is 18.1. The van der Waals surface area contributed by atoms with Crippen molar-refractivity contribution in [2.24, 2.45) is 5.92 Å². The van der Waals surface area contributed by atoms with Crippen LogP contribution in [-0.2, 0) is 4.79 Å². The van der Waals surface area contributed by atoms with Crippen LogP contribution >= 0.6 is 0 Å². The van der Waals surface area contributed by atoms with E-state index in [1.54, 1.807) is 24.3 Å². The van der Waals surface area contributed by atoms with E-state index in [1.165, 1.54) is 0 Å². The molecule has 2 aromatic carbocycles. The van der Waals surface area contributed by atoms with Crippen molar-refractivity contribution in [3.63, 3.8) is 0 Å². The maximum Gasteiger partial charge on any atom is 0.254 e. The second kappa shape index (κ2) is 8.77. The summed E-state index contributed by atoms with van der Waals surface area (Å²) in [5.74, 6) is 0.0802. The van der Waals surface area contributed by atoms with Gasteiger partial charge < -0.3 is 15.5 Å². The summed E-state index contributed by atoms with van der Waals surface area (Å²) >= 11 is 0. The second-order valence-electron chi connectivity index (χ2n) is 9.26. The Morgan fingerprint density at radius 2 is 1.53 bits per heavy atom. The van der Waals surface area contributed by atoms with Gasteiger partial charge in [-0.3, -0.25) is 14.4 Å². The molecule has 3 atom stereocenters. The minimum Gasteiger partial charge on any atom is -0.349 e. The summed E-state index contributed by atoms with van der Waals surface area (Å²) in [6.07, 6.45) is 7.07. The zero-order valence-electron chi connectivity index (χ0n) is 18.1. The number of hydrogen-bond donors (Lipinski definition) is 2. The molecule has 6 nitrogen and oxygen atoms in total. The van der Waals surface area contributed by atoms with Gasteiger partial charge in [-0.05, 0) is 74.4 Å². The van der Waals surface area contributed by atoms with Gasteiger partial charge in [0.25, 0.3) is 11.8 Å². The van der Waals surface area contributed by atoms with Gasteiger partial charge in [0.1, 0.15) is 6.04 Å². The standard InChI is InChI=1S/C26H29N3O3/c30-24(27-21-14-15-21)17-10-12-20(13-11-17)28-25(31)23-16-19-8-4-5-9-22(19)29(23)26(32)18-6-2-1-3-7-18/h1-3,6-7,10-13,19,21-23H,4-5,8-9,14-16H2,(H,27,30)(H,28,31). The Kier molecular flexibility index (Phi) is 5.68. The molecule has 6 heteroatoms. The third kappa shape index (κ3) is 4.27. The second-order valence-corrected chi connectivity index (χ2v) is 9.26. The van der Waals surface area contributed by atoms with E-state index >= 15 is 0 Å². The summed E-state index contributed by atoms with van der Waals surface area (Å²) in [6, 6.07) is 16.2. The summed E-state index contributed by atoms with van der Waals surface area (Å²) in [6.45, 7) is 0. The molecular formula is C26H29N3O3. The topological polar surface area (TPSA) is 78.5 Å². The monoisotopic (exact) mass is 431 g/mol. The lowest BCUT2D eigenvalue weighted by molar-refractivity contribution is -0.120. The number of rotatable bonds is 5. The fourth-order valence-electron chi connectivity index (χ4n) is 5.14. The van der Waals surface area contributed by atoms with Crippen molar-refractivity contribution >= 4 is 23.4 Å². The smallest absolute Gasteiger partial charge is 0.254 e. The molecule has 1 heterocycles. The first-order valence-electron chi connectivity index (χ1n) is 11.7. The van der Waals surface area contributed by atoms with Crippen LogP contribution in [0.4, 0.5) is 5.69 Å². The highest BCUT2D eigenvalue weighted by atomic mass is 16.2. The van der Waals surface area contributed by atoms with Crippen LogP contribution in [0.1, 0.15) is 65.7 Å². The Balaban J connectivity index is 1.31. The normalized spacial score (nSPS) is 24.5. The molecule has 2 N–H and O–H groups in total. The minimum atomic E-state index is -0.478. The van der Waals surface area contributed by atoms with Crippen LogP contribution in [0, 0.1) is 5.92 Å². The number of carbonyl (C=O) groups is 3. The van der Waals surface area contributed by atoms with E-state index in [0.29, 0.717) is 35.2 Å². The quantitative estimate of drug-likeness (QED) is 0.751. The van der Waals surface area contributed by atoms with E-state index in [0.717, 1.165) is 38.5 Å². The Morgan fingerprint density at radius 3 is 2.25 bits per heavy atom. The summed E-state index contributed by atoms with van der Waals surface area (Å²) in [5, 5.41) is 5.95. The van der Waals surface area contributed by atoms with Crippen molar-refractivity contribution in [3.8, 4) is 0 Å². The predicted molar refractivity (Wildman–Crippen MR) is 122 cm³/mol. The van der Waals surface area contributed by atoms with Crippen molar-refractivity contribution in [3.05, 3.63) is 65.7 Å². The van der Waals surface area contributed by atoms with E-state index < -0.39 is 6.04 Å². The SMILES string of the molecule is O=C(NC1CC1)c1ccc(NC(=O)C2CC3CCCCC3N2C(=O)c2ccccc2)cc1. The highest BCUT2D eigenvalue weighted by molar-refractivity contribution is 6.02. The lowest BCUT2D eigenvalue weighted by Gasteiger charge is -2.33. The van der Waals surface area contributed by atoms with Crippen LogP contribution in [0.25, 0.3) is 0 Å². The van der Waals surface area contributed by atoms with Crippen LogP contribution in [0.3, 0.4) is 0 Å². The summed E-state index contributed by atoms with van der Waals surface area (Å²) in [4.78, 5) is 40.7. The van der Waals surface area contributed by atoms with Gasteiger partial charge in [0, 0.05) is 28.9 Å². The molecule has 5 rings (SSSR count). The average molecular weight is 432 g/mol. The number of amides is 3. The van der Waals surface area contributed by atoms with Crippen LogP contribution in [0.15, 0.2) is 54.6 Å². The van der Waals surface area contributed by atoms with Gasteiger partial charge in [0.2, 0.25) is 5.91 Å². The van der Waals surface area contributed by atoms with Gasteiger partial charge in [-0.2, -0.15) is 0 Å². The molecule has 0 spiro atoms. The Hall–Kier alpha value is -3.15. The van der Waals surface area contributed by atoms with E-state index in [9.17, 15) is 14.4 Å². The van der Waals surface area contributed by atoms with Gasteiger partial charge in [0.15, 0.2) is 0 Å². The van der Waals surface area contributed by atoms with Crippen molar-refractivity contribution in [2.75, 3.05) is 5.32 Å². The van der Waals surface area contributed by atoms with Gasteiger partial charge in [-0.1, -0.05) is 31.0 Å². The highest BCUT2D eigenvalue weighted by Crippen LogP contribution is 2.40. The van der Waals surface area contributed by atoms with Crippen molar-refractivity contribution < 1.29 is 14.4 Å². The van der Waals surface area contributed by atoms with Crippen LogP contribution < -0.4 is 10.6 Å². The first-order valence-corrected chi connectivity index (χ1v) is 11.7. The summed E-state index contributed by atoms with van der Waals surface area (Å²) < 4.78 is 0. The lowest BCUT2D eigenvalue weighted by atomic mass is 9.84. The molecule has 0 bridgehead atoms. The number of anilines is 1. The predicted octanol–water partition coefficient (Wildman–Crippen LogP) is 3.99. The number of nitrogens with one attached hydrogen (secondary N) is 2. The average Bonchev–Trinajstić information content (AvgIpc) is 3.55. The minimum absolute atomic E-state index is 0.0627. The first-order chi connectivity index (χ1) is 15.6. The van der Waals surface area contributed by atoms with Crippen molar-refractivity contribution in [2.45, 2.75) is 63.1 Å². The Bertz CT molecular complexity index is 1000. The maximum atomic E-state index is 13.4. The molecule has 0 aromatic heterocycles. The molecule has 3 aliphatic rings. The largest absolute Gasteiger partial charge is 0.349 e. The number of likely N-dealkylation sites (tertiary alicyclic amines) is 1. The molecule has 3 amide bonds. The number of fused-ring (bicyclic) bond motifs is 1. The fourth-order valence-corrected chi connectivity index (χ4v) is 5.14. The van der Waals surface area contributed by atoms with Crippen LogP contribution in [0.5, 0.6) is 0 Å². The summed E-state index contributed by atoms with van der Waals surface area (Å²) in [7, 11) is 0. The third-order valence-electron chi connectivity index (χ3n) is 6.97. The van der Waals surface area contributed by atoms with Crippen LogP contribution in [0.2, 0.25) is 0 Å². The molecule has 2 aromatic rings. The molecule has 3 unspecified atom stereocenters. The number of nitrogens with zero attached hydrogens (tertiary/aromatic N) is 1.